The fourth-order valence-electron chi connectivity index (χ4n) is 2.10. The molecule has 1 saturated heterocycles. The van der Waals surface area contributed by atoms with E-state index in [0.717, 1.165) is 5.56 Å². The molecule has 1 aliphatic heterocycles. The van der Waals surface area contributed by atoms with Crippen molar-refractivity contribution in [3.05, 3.63) is 64.1 Å². The Labute approximate surface area is 140 Å². The van der Waals surface area contributed by atoms with Crippen molar-refractivity contribution in [2.75, 3.05) is 0 Å². The van der Waals surface area contributed by atoms with Crippen LogP contribution in [-0.2, 0) is 11.2 Å². The molecule has 1 aromatic heterocycles. The van der Waals surface area contributed by atoms with Gasteiger partial charge >= 0.3 is 0 Å². The van der Waals surface area contributed by atoms with Crippen LogP contribution >= 0.6 is 11.8 Å². The highest BCUT2D eigenvalue weighted by atomic mass is 32.2. The van der Waals surface area contributed by atoms with E-state index in [0.29, 0.717) is 17.3 Å². The summed E-state index contributed by atoms with van der Waals surface area (Å²) in [7, 11) is 0. The molecule has 3 rings (SSSR count). The maximum Gasteiger partial charge on any atom is 0.269 e. The molecule has 8 nitrogen and oxygen atoms in total. The molecule has 1 aliphatic rings. The van der Waals surface area contributed by atoms with E-state index in [4.69, 9.17) is 4.42 Å². The molecule has 1 amide bonds. The lowest BCUT2D eigenvalue weighted by Crippen LogP contribution is -2.25. The van der Waals surface area contributed by atoms with Crippen LogP contribution in [-0.4, -0.2) is 27.5 Å². The Bertz CT molecular complexity index is 817. The first-order valence-corrected chi connectivity index (χ1v) is 7.85. The van der Waals surface area contributed by atoms with Gasteiger partial charge in [-0.05, 0) is 24.1 Å². The lowest BCUT2D eigenvalue weighted by Gasteiger charge is -2.04. The third-order valence-electron chi connectivity index (χ3n) is 3.20. The summed E-state index contributed by atoms with van der Waals surface area (Å²) >= 11 is 1.24. The van der Waals surface area contributed by atoms with E-state index >= 15 is 0 Å². The Kier molecular flexibility index (Phi) is 4.71. The molecular formula is C15H12N4O4S. The number of carbonyl (C=O) groups excluding carboxylic acids is 1. The number of hydrogen-bond acceptors (Lipinski definition) is 7. The molecule has 9 heteroatoms. The van der Waals surface area contributed by atoms with E-state index < -0.39 is 10.2 Å². The molecule has 0 unspecified atom stereocenters. The maximum atomic E-state index is 12.0. The van der Waals surface area contributed by atoms with E-state index in [1.807, 2.05) is 0 Å². The fraction of sp³-hybridized carbons (Fsp3) is 0.133. The number of nitrogens with zero attached hydrogens (tertiary/aromatic N) is 3. The number of amidine groups is 1. The molecule has 0 radical (unpaired) electrons. The summed E-state index contributed by atoms with van der Waals surface area (Å²) in [5.41, 5.74) is 0.727. The van der Waals surface area contributed by atoms with E-state index in [-0.39, 0.29) is 11.6 Å². The minimum absolute atomic E-state index is 0.00726. The van der Waals surface area contributed by atoms with Crippen LogP contribution in [0.25, 0.3) is 0 Å². The third kappa shape index (κ3) is 3.87. The normalized spacial score (nSPS) is 19.1. The number of furan rings is 1. The van der Waals surface area contributed by atoms with Crippen molar-refractivity contribution in [1.29, 1.82) is 0 Å². The molecule has 0 bridgehead atoms. The van der Waals surface area contributed by atoms with Crippen LogP contribution in [0, 0.1) is 10.1 Å². The zero-order valence-electron chi connectivity index (χ0n) is 12.3. The van der Waals surface area contributed by atoms with Gasteiger partial charge in [0, 0.05) is 12.1 Å². The second-order valence-electron chi connectivity index (χ2n) is 4.89. The maximum absolute atomic E-state index is 12.0. The predicted octanol–water partition coefficient (Wildman–Crippen LogP) is 2.35. The number of thioether (sulfide) groups is 1. The summed E-state index contributed by atoms with van der Waals surface area (Å²) in [6.07, 6.45) is 3.34. The first-order chi connectivity index (χ1) is 11.6. The quantitative estimate of drug-likeness (QED) is 0.508. The zero-order valence-corrected chi connectivity index (χ0v) is 13.1. The van der Waals surface area contributed by atoms with E-state index in [1.165, 1.54) is 36.4 Å². The van der Waals surface area contributed by atoms with Crippen molar-refractivity contribution in [1.82, 2.24) is 5.32 Å². The molecule has 24 heavy (non-hydrogen) atoms. The second kappa shape index (κ2) is 7.09. The van der Waals surface area contributed by atoms with Crippen molar-refractivity contribution in [3.63, 3.8) is 0 Å². The van der Waals surface area contributed by atoms with Gasteiger partial charge in [-0.2, -0.15) is 5.10 Å². The van der Waals surface area contributed by atoms with Gasteiger partial charge in [0.1, 0.15) is 5.76 Å². The molecule has 0 aliphatic carbocycles. The number of hydrogen-bond donors (Lipinski definition) is 1. The largest absolute Gasteiger partial charge is 0.463 e. The number of nitrogens with one attached hydrogen (secondary N) is 1. The minimum Gasteiger partial charge on any atom is -0.463 e. The Hall–Kier alpha value is -2.94. The zero-order chi connectivity index (χ0) is 16.9. The molecule has 1 fully saturated rings. The first-order valence-electron chi connectivity index (χ1n) is 6.97. The van der Waals surface area contributed by atoms with Gasteiger partial charge in [-0.25, -0.2) is 0 Å². The number of carbonyl (C=O) groups is 1. The van der Waals surface area contributed by atoms with Crippen molar-refractivity contribution >= 4 is 34.7 Å². The summed E-state index contributed by atoms with van der Waals surface area (Å²) in [5, 5.41) is 21.2. The summed E-state index contributed by atoms with van der Waals surface area (Å²) in [6.45, 7) is 0. The van der Waals surface area contributed by atoms with Crippen LogP contribution in [0.3, 0.4) is 0 Å². The highest BCUT2D eigenvalue weighted by Gasteiger charge is 2.30. The topological polar surface area (TPSA) is 110 Å². The summed E-state index contributed by atoms with van der Waals surface area (Å²) < 4.78 is 5.08. The molecular weight excluding hydrogens is 332 g/mol. The van der Waals surface area contributed by atoms with Crippen molar-refractivity contribution in [2.24, 2.45) is 10.2 Å². The van der Waals surface area contributed by atoms with Crippen LogP contribution in [0.5, 0.6) is 0 Å². The second-order valence-corrected chi connectivity index (χ2v) is 6.08. The number of rotatable bonds is 5. The van der Waals surface area contributed by atoms with Crippen LogP contribution in [0.4, 0.5) is 5.69 Å². The van der Waals surface area contributed by atoms with Gasteiger partial charge < -0.3 is 9.73 Å². The standard InChI is InChI=1S/C15H12N4O4S/c20-14-13(8-10-3-1-4-11(7-10)19(21)22)24-15(17-14)18-16-9-12-5-2-6-23-12/h1-7,9,13H,8H2,(H,17,18,20)/b16-9+/t13-/m1/s1. The van der Waals surface area contributed by atoms with Gasteiger partial charge in [-0.1, -0.05) is 23.9 Å². The SMILES string of the molecule is O=C1N/C(=N/N=C/c2ccco2)S[C@@H]1Cc1cccc([N+](=O)[O-])c1. The molecule has 1 atom stereocenters. The van der Waals surface area contributed by atoms with E-state index in [2.05, 4.69) is 15.5 Å². The monoisotopic (exact) mass is 344 g/mol. The lowest BCUT2D eigenvalue weighted by atomic mass is 10.1. The van der Waals surface area contributed by atoms with Crippen molar-refractivity contribution in [2.45, 2.75) is 11.7 Å². The van der Waals surface area contributed by atoms with E-state index in [1.54, 1.807) is 24.3 Å². The summed E-state index contributed by atoms with van der Waals surface area (Å²) in [5.74, 6) is 0.361. The number of nitro groups is 1. The van der Waals surface area contributed by atoms with Gasteiger partial charge in [-0.3, -0.25) is 14.9 Å². The predicted molar refractivity (Wildman–Crippen MR) is 90.1 cm³/mol. The van der Waals surface area contributed by atoms with Gasteiger partial charge in [-0.15, -0.1) is 5.10 Å². The molecule has 1 N–H and O–H groups in total. The molecule has 122 valence electrons. The molecule has 1 aromatic carbocycles. The average Bonchev–Trinajstić information content (AvgIpc) is 3.18. The van der Waals surface area contributed by atoms with Crippen LogP contribution in [0.1, 0.15) is 11.3 Å². The van der Waals surface area contributed by atoms with Crippen molar-refractivity contribution < 1.29 is 14.1 Å². The Morgan fingerprint density at radius 2 is 2.25 bits per heavy atom. The van der Waals surface area contributed by atoms with Gasteiger partial charge in [0.2, 0.25) is 5.91 Å². The average molecular weight is 344 g/mol. The van der Waals surface area contributed by atoms with Crippen molar-refractivity contribution in [3.8, 4) is 0 Å². The fourth-order valence-corrected chi connectivity index (χ4v) is 3.07. The lowest BCUT2D eigenvalue weighted by molar-refractivity contribution is -0.384. The number of benzene rings is 1. The first kappa shape index (κ1) is 15.9. The Morgan fingerprint density at radius 3 is 3.00 bits per heavy atom. The molecule has 0 saturated carbocycles. The van der Waals surface area contributed by atoms with Gasteiger partial charge in [0.05, 0.1) is 22.7 Å². The summed E-state index contributed by atoms with van der Waals surface area (Å²) in [4.78, 5) is 22.3. The minimum atomic E-state index is -0.457. The van der Waals surface area contributed by atoms with Gasteiger partial charge in [0.15, 0.2) is 5.17 Å². The Balaban J connectivity index is 1.64. The number of amides is 1. The highest BCUT2D eigenvalue weighted by Crippen LogP contribution is 2.24. The smallest absolute Gasteiger partial charge is 0.269 e. The molecule has 2 aromatic rings. The van der Waals surface area contributed by atoms with Crippen LogP contribution in [0.15, 0.2) is 57.3 Å². The molecule has 0 spiro atoms. The summed E-state index contributed by atoms with van der Waals surface area (Å²) in [6, 6.07) is 9.71. The van der Waals surface area contributed by atoms with Crippen LogP contribution < -0.4 is 5.32 Å². The van der Waals surface area contributed by atoms with E-state index in [9.17, 15) is 14.9 Å². The highest BCUT2D eigenvalue weighted by molar-refractivity contribution is 8.15. The number of nitro benzene ring substituents is 1. The van der Waals surface area contributed by atoms with Crippen LogP contribution in [0.2, 0.25) is 0 Å². The van der Waals surface area contributed by atoms with Gasteiger partial charge in [0.25, 0.3) is 5.69 Å². The number of non-ortho nitro benzene ring substituents is 1. The third-order valence-corrected chi connectivity index (χ3v) is 4.27. The Morgan fingerprint density at radius 1 is 1.38 bits per heavy atom. The molecule has 2 heterocycles.